The number of rotatable bonds is 9. The average molecular weight is 588 g/mol. The predicted octanol–water partition coefficient (Wildman–Crippen LogP) is 7.89. The highest BCUT2D eigenvalue weighted by Gasteiger charge is 2.32. The second-order valence-corrected chi connectivity index (χ2v) is 10.0. The van der Waals surface area contributed by atoms with Crippen molar-refractivity contribution in [2.45, 2.75) is 32.0 Å². The van der Waals surface area contributed by atoms with E-state index < -0.39 is 23.6 Å². The molecule has 0 saturated carbocycles. The van der Waals surface area contributed by atoms with Crippen LogP contribution in [0.2, 0.25) is 0 Å². The zero-order valence-electron chi connectivity index (χ0n) is 23.3. The number of alkyl halides is 3. The van der Waals surface area contributed by atoms with E-state index in [4.69, 9.17) is 4.74 Å². The molecule has 0 unspecified atom stereocenters. The Kier molecular flexibility index (Phi) is 8.20. The fourth-order valence-corrected chi connectivity index (χ4v) is 5.03. The molecule has 0 saturated heterocycles. The molecule has 43 heavy (non-hydrogen) atoms. The summed E-state index contributed by atoms with van der Waals surface area (Å²) < 4.78 is 46.7. The van der Waals surface area contributed by atoms with Gasteiger partial charge >= 0.3 is 12.1 Å². The molecule has 0 aliphatic carbocycles. The van der Waals surface area contributed by atoms with Crippen LogP contribution in [-0.2, 0) is 6.18 Å². The van der Waals surface area contributed by atoms with E-state index in [1.54, 1.807) is 18.2 Å². The lowest BCUT2D eigenvalue weighted by Crippen LogP contribution is -2.28. The molecule has 5 aromatic rings. The summed E-state index contributed by atoms with van der Waals surface area (Å²) in [6.45, 7) is 1.99. The van der Waals surface area contributed by atoms with Gasteiger partial charge in [0.05, 0.1) is 35.3 Å². The summed E-state index contributed by atoms with van der Waals surface area (Å²) >= 11 is 0. The predicted molar refractivity (Wildman–Crippen MR) is 157 cm³/mol. The quantitative estimate of drug-likeness (QED) is 0.163. The van der Waals surface area contributed by atoms with Gasteiger partial charge in [0.15, 0.2) is 0 Å². The molecule has 0 spiro atoms. The number of nitrogens with one attached hydrogen (secondary N) is 2. The van der Waals surface area contributed by atoms with E-state index in [0.717, 1.165) is 24.1 Å². The second kappa shape index (κ2) is 12.0. The molecule has 10 heteroatoms. The number of H-pyrrole nitrogens is 1. The number of halogens is 3. The fourth-order valence-electron chi connectivity index (χ4n) is 5.03. The van der Waals surface area contributed by atoms with Crippen molar-refractivity contribution in [1.82, 2.24) is 15.3 Å². The first-order valence-electron chi connectivity index (χ1n) is 13.6. The van der Waals surface area contributed by atoms with Crippen LogP contribution in [0, 0.1) is 0 Å². The van der Waals surface area contributed by atoms with Crippen LogP contribution in [0.4, 0.5) is 13.2 Å². The minimum absolute atomic E-state index is 0.00153. The number of carbonyl (C=O) groups is 2. The number of carboxylic acid groups (broad SMARTS) is 1. The Bertz CT molecular complexity index is 1800. The number of carboxylic acids is 1. The molecule has 4 aromatic carbocycles. The maximum Gasteiger partial charge on any atom is 0.416 e. The van der Waals surface area contributed by atoms with Crippen molar-refractivity contribution in [3.05, 3.63) is 107 Å². The lowest BCUT2D eigenvalue weighted by Gasteiger charge is -2.19. The molecule has 0 aliphatic rings. The molecule has 7 nitrogen and oxygen atoms in total. The van der Waals surface area contributed by atoms with Gasteiger partial charge in [-0.15, -0.1) is 0 Å². The van der Waals surface area contributed by atoms with Crippen LogP contribution in [0.25, 0.3) is 33.5 Å². The average Bonchev–Trinajstić information content (AvgIpc) is 3.43. The molecular formula is C33H28F3N3O4. The van der Waals surface area contributed by atoms with Gasteiger partial charge in [-0.25, -0.2) is 9.78 Å². The van der Waals surface area contributed by atoms with Crippen molar-refractivity contribution >= 4 is 22.9 Å². The number of imidazole rings is 1. The molecule has 0 bridgehead atoms. The van der Waals surface area contributed by atoms with E-state index in [-0.39, 0.29) is 39.7 Å². The maximum atomic E-state index is 13.8. The normalized spacial score (nSPS) is 12.2. The van der Waals surface area contributed by atoms with Gasteiger partial charge < -0.3 is 20.1 Å². The Labute approximate surface area is 245 Å². The zero-order valence-corrected chi connectivity index (χ0v) is 23.3. The van der Waals surface area contributed by atoms with E-state index in [9.17, 15) is 27.9 Å². The first-order valence-corrected chi connectivity index (χ1v) is 13.6. The molecule has 1 atom stereocenters. The fraction of sp³-hybridized carbons (Fsp3) is 0.182. The number of hydrogen-bond donors (Lipinski definition) is 3. The van der Waals surface area contributed by atoms with Gasteiger partial charge in [0.2, 0.25) is 0 Å². The van der Waals surface area contributed by atoms with Gasteiger partial charge in [-0.05, 0) is 59.5 Å². The summed E-state index contributed by atoms with van der Waals surface area (Å²) in [5.41, 5.74) is 1.11. The molecule has 0 radical (unpaired) electrons. The largest absolute Gasteiger partial charge is 0.497 e. The topological polar surface area (TPSA) is 104 Å². The van der Waals surface area contributed by atoms with Crippen LogP contribution in [0.5, 0.6) is 5.75 Å². The summed E-state index contributed by atoms with van der Waals surface area (Å²) in [4.78, 5) is 33.4. The van der Waals surface area contributed by atoms with Gasteiger partial charge in [0, 0.05) is 17.2 Å². The molecule has 3 N–H and O–H groups in total. The third-order valence-corrected chi connectivity index (χ3v) is 7.18. The van der Waals surface area contributed by atoms with Gasteiger partial charge in [-0.1, -0.05) is 55.8 Å². The van der Waals surface area contributed by atoms with Crippen molar-refractivity contribution < 1.29 is 32.6 Å². The number of aromatic carboxylic acids is 1. The molecule has 1 aromatic heterocycles. The van der Waals surface area contributed by atoms with E-state index in [1.807, 2.05) is 37.3 Å². The Hall–Kier alpha value is -5.12. The number of hydrogen-bond acceptors (Lipinski definition) is 4. The Balaban J connectivity index is 1.60. The number of nitrogens with zero attached hydrogens (tertiary/aromatic N) is 1. The number of amides is 1. The number of fused-ring (bicyclic) bond motifs is 1. The summed E-state index contributed by atoms with van der Waals surface area (Å²) in [5, 5.41) is 13.1. The van der Waals surface area contributed by atoms with Gasteiger partial charge in [-0.3, -0.25) is 4.79 Å². The number of aromatic nitrogens is 2. The SMILES string of the molecule is CCC[C@@H](NC(=O)c1ccc(-c2cc(C(F)(F)F)ccc2-c2nc3cc(OC)ccc3[nH]2)c(C(=O)O)c1)c1ccccc1. The zero-order chi connectivity index (χ0) is 30.7. The van der Waals surface area contributed by atoms with Crippen LogP contribution in [-0.4, -0.2) is 34.1 Å². The van der Waals surface area contributed by atoms with Crippen molar-refractivity contribution in [3.8, 4) is 28.3 Å². The number of benzene rings is 4. The molecule has 1 heterocycles. The second-order valence-electron chi connectivity index (χ2n) is 10.0. The molecule has 0 fully saturated rings. The minimum Gasteiger partial charge on any atom is -0.497 e. The molecule has 220 valence electrons. The Morgan fingerprint density at radius 3 is 2.37 bits per heavy atom. The first kappa shape index (κ1) is 29.4. The minimum atomic E-state index is -4.68. The van der Waals surface area contributed by atoms with Gasteiger partial charge in [0.1, 0.15) is 11.6 Å². The number of carbonyl (C=O) groups excluding carboxylic acids is 1. The summed E-state index contributed by atoms with van der Waals surface area (Å²) in [6, 6.07) is 21.3. The third-order valence-electron chi connectivity index (χ3n) is 7.18. The van der Waals surface area contributed by atoms with Gasteiger partial charge in [-0.2, -0.15) is 13.2 Å². The van der Waals surface area contributed by atoms with Crippen molar-refractivity contribution in [1.29, 1.82) is 0 Å². The first-order chi connectivity index (χ1) is 20.6. The van der Waals surface area contributed by atoms with Crippen LogP contribution in [0.1, 0.15) is 57.7 Å². The monoisotopic (exact) mass is 587 g/mol. The van der Waals surface area contributed by atoms with E-state index in [0.29, 0.717) is 23.2 Å². The standard InChI is InChI=1S/C33H28F3N3O4/c1-3-7-27(19-8-5-4-6-9-19)39-31(40)20-10-13-23(26(16-20)32(41)42)25-17-21(33(34,35)36)11-14-24(25)30-37-28-15-12-22(43-2)18-29(28)38-30/h4-6,8-18,27H,3,7H2,1-2H3,(H,37,38)(H,39,40)(H,41,42)/t27-/m1/s1. The highest BCUT2D eigenvalue weighted by atomic mass is 19.4. The lowest BCUT2D eigenvalue weighted by atomic mass is 9.91. The van der Waals surface area contributed by atoms with Crippen LogP contribution < -0.4 is 10.1 Å². The van der Waals surface area contributed by atoms with Crippen LogP contribution in [0.3, 0.4) is 0 Å². The van der Waals surface area contributed by atoms with Crippen molar-refractivity contribution in [2.75, 3.05) is 7.11 Å². The van der Waals surface area contributed by atoms with Gasteiger partial charge in [0.25, 0.3) is 5.91 Å². The highest BCUT2D eigenvalue weighted by molar-refractivity contribution is 6.03. The Morgan fingerprint density at radius 1 is 0.953 bits per heavy atom. The van der Waals surface area contributed by atoms with E-state index in [2.05, 4.69) is 15.3 Å². The molecule has 5 rings (SSSR count). The van der Waals surface area contributed by atoms with Crippen molar-refractivity contribution in [3.63, 3.8) is 0 Å². The number of methoxy groups -OCH3 is 1. The van der Waals surface area contributed by atoms with Crippen LogP contribution >= 0.6 is 0 Å². The summed E-state index contributed by atoms with van der Waals surface area (Å²) in [6.07, 6.45) is -3.22. The molecule has 1 amide bonds. The van der Waals surface area contributed by atoms with Crippen LogP contribution in [0.15, 0.2) is 84.9 Å². The number of ether oxygens (including phenoxy) is 1. The molecule has 0 aliphatic heterocycles. The smallest absolute Gasteiger partial charge is 0.416 e. The number of aromatic amines is 1. The Morgan fingerprint density at radius 2 is 1.70 bits per heavy atom. The summed E-state index contributed by atoms with van der Waals surface area (Å²) in [5.74, 6) is -1.09. The van der Waals surface area contributed by atoms with E-state index in [1.165, 1.54) is 31.4 Å². The highest BCUT2D eigenvalue weighted by Crippen LogP contribution is 2.39. The molecular weight excluding hydrogens is 559 g/mol. The maximum absolute atomic E-state index is 13.8. The summed E-state index contributed by atoms with van der Waals surface area (Å²) in [7, 11) is 1.51. The van der Waals surface area contributed by atoms with Crippen molar-refractivity contribution in [2.24, 2.45) is 0 Å². The lowest BCUT2D eigenvalue weighted by molar-refractivity contribution is -0.137. The van der Waals surface area contributed by atoms with E-state index >= 15 is 0 Å². The third kappa shape index (κ3) is 6.23.